The molecule has 2 rings (SSSR count). The molecule has 1 amide bonds. The summed E-state index contributed by atoms with van der Waals surface area (Å²) < 4.78 is 32.1. The number of nitrogens with one attached hydrogen (secondary N) is 1. The number of carbonyl (C=O) groups is 1. The molecule has 7 heteroatoms. The van der Waals surface area contributed by atoms with Crippen LogP contribution in [0, 0.1) is 0 Å². The maximum Gasteiger partial charge on any atom is 0.240 e. The topological polar surface area (TPSA) is 75.7 Å². The van der Waals surface area contributed by atoms with Crippen molar-refractivity contribution >= 4 is 15.9 Å². The summed E-state index contributed by atoms with van der Waals surface area (Å²) in [5.74, 6) is 0.605. The summed E-state index contributed by atoms with van der Waals surface area (Å²) in [5.41, 5.74) is 0. The molecular formula is C16H24N2O4S. The Morgan fingerprint density at radius 2 is 1.87 bits per heavy atom. The normalized spacial score (nSPS) is 15.6. The van der Waals surface area contributed by atoms with Crippen molar-refractivity contribution in [3.05, 3.63) is 24.3 Å². The molecule has 0 heterocycles. The number of methoxy groups -OCH3 is 1. The third-order valence-corrected chi connectivity index (χ3v) is 5.66. The van der Waals surface area contributed by atoms with Crippen molar-refractivity contribution in [2.45, 2.75) is 43.5 Å². The minimum absolute atomic E-state index is 0.000505. The van der Waals surface area contributed by atoms with E-state index < -0.39 is 10.0 Å². The van der Waals surface area contributed by atoms with E-state index in [4.69, 9.17) is 4.74 Å². The van der Waals surface area contributed by atoms with Gasteiger partial charge in [0.2, 0.25) is 15.9 Å². The van der Waals surface area contributed by atoms with Crippen LogP contribution >= 0.6 is 0 Å². The van der Waals surface area contributed by atoms with Crippen molar-refractivity contribution in [3.63, 3.8) is 0 Å². The van der Waals surface area contributed by atoms with Crippen molar-refractivity contribution in [2.24, 2.45) is 0 Å². The molecule has 1 saturated carbocycles. The van der Waals surface area contributed by atoms with E-state index in [1.807, 2.05) is 0 Å². The summed E-state index contributed by atoms with van der Waals surface area (Å²) >= 11 is 0. The highest BCUT2D eigenvalue weighted by atomic mass is 32.2. The molecule has 0 radical (unpaired) electrons. The van der Waals surface area contributed by atoms with Gasteiger partial charge in [0.25, 0.3) is 0 Å². The van der Waals surface area contributed by atoms with Crippen molar-refractivity contribution in [2.75, 3.05) is 20.2 Å². The summed E-state index contributed by atoms with van der Waals surface area (Å²) in [6.07, 6.45) is 4.27. The van der Waals surface area contributed by atoms with Crippen LogP contribution in [0.4, 0.5) is 0 Å². The number of hydrogen-bond donors (Lipinski definition) is 1. The van der Waals surface area contributed by atoms with Gasteiger partial charge in [-0.3, -0.25) is 4.79 Å². The smallest absolute Gasteiger partial charge is 0.240 e. The monoisotopic (exact) mass is 340 g/mol. The van der Waals surface area contributed by atoms with Crippen LogP contribution in [0.15, 0.2) is 29.2 Å². The van der Waals surface area contributed by atoms with Gasteiger partial charge in [-0.1, -0.05) is 12.8 Å². The molecule has 1 aromatic carbocycles. The van der Waals surface area contributed by atoms with Crippen LogP contribution in [0.2, 0.25) is 0 Å². The van der Waals surface area contributed by atoms with Crippen LogP contribution in [0.1, 0.15) is 32.6 Å². The lowest BCUT2D eigenvalue weighted by Crippen LogP contribution is -2.42. The first kappa shape index (κ1) is 17.7. The molecule has 0 aromatic heterocycles. The number of benzene rings is 1. The van der Waals surface area contributed by atoms with E-state index in [0.29, 0.717) is 12.3 Å². The van der Waals surface area contributed by atoms with Crippen molar-refractivity contribution < 1.29 is 17.9 Å². The van der Waals surface area contributed by atoms with E-state index >= 15 is 0 Å². The molecule has 1 aliphatic rings. The molecule has 0 spiro atoms. The average molecular weight is 340 g/mol. The lowest BCUT2D eigenvalue weighted by molar-refractivity contribution is -0.130. The number of amides is 1. The fourth-order valence-electron chi connectivity index (χ4n) is 2.95. The standard InChI is InChI=1S/C16H24N2O4S/c1-13(19)18(14-5-3-4-6-14)12-11-17-23(20,21)16-9-7-15(22-2)8-10-16/h7-10,14,17H,3-6,11-12H2,1-2H3. The van der Waals surface area contributed by atoms with Gasteiger partial charge >= 0.3 is 0 Å². The highest BCUT2D eigenvalue weighted by Gasteiger charge is 2.24. The predicted octanol–water partition coefficient (Wildman–Crippen LogP) is 1.76. The Balaban J connectivity index is 1.93. The molecule has 0 saturated heterocycles. The Bertz CT molecular complexity index is 622. The number of sulfonamides is 1. The van der Waals surface area contributed by atoms with Gasteiger partial charge in [0.15, 0.2) is 0 Å². The van der Waals surface area contributed by atoms with E-state index in [-0.39, 0.29) is 23.4 Å². The first-order valence-corrected chi connectivity index (χ1v) is 9.33. The molecule has 23 heavy (non-hydrogen) atoms. The number of nitrogens with zero attached hydrogens (tertiary/aromatic N) is 1. The summed E-state index contributed by atoms with van der Waals surface area (Å²) in [7, 11) is -2.04. The van der Waals surface area contributed by atoms with Crippen molar-refractivity contribution in [1.82, 2.24) is 9.62 Å². The van der Waals surface area contributed by atoms with Gasteiger partial charge in [-0.15, -0.1) is 0 Å². The minimum atomic E-state index is -3.57. The largest absolute Gasteiger partial charge is 0.497 e. The molecule has 1 N–H and O–H groups in total. The maximum absolute atomic E-state index is 12.2. The molecule has 1 aliphatic carbocycles. The Morgan fingerprint density at radius 1 is 1.26 bits per heavy atom. The third kappa shape index (κ3) is 4.68. The Hall–Kier alpha value is -1.60. The fraction of sp³-hybridized carbons (Fsp3) is 0.562. The molecule has 0 unspecified atom stereocenters. The van der Waals surface area contributed by atoms with Crippen LogP contribution in [-0.4, -0.2) is 45.5 Å². The summed E-state index contributed by atoms with van der Waals surface area (Å²) in [6.45, 7) is 2.15. The molecule has 1 fully saturated rings. The van der Waals surface area contributed by atoms with Gasteiger partial charge in [0.1, 0.15) is 5.75 Å². The highest BCUT2D eigenvalue weighted by molar-refractivity contribution is 7.89. The first-order valence-electron chi connectivity index (χ1n) is 7.85. The molecular weight excluding hydrogens is 316 g/mol. The zero-order chi connectivity index (χ0) is 16.9. The van der Waals surface area contributed by atoms with E-state index in [9.17, 15) is 13.2 Å². The number of ether oxygens (including phenoxy) is 1. The van der Waals surface area contributed by atoms with E-state index in [0.717, 1.165) is 25.7 Å². The quantitative estimate of drug-likeness (QED) is 0.821. The molecule has 1 aromatic rings. The maximum atomic E-state index is 12.2. The van der Waals surface area contributed by atoms with Gasteiger partial charge in [0.05, 0.1) is 12.0 Å². The zero-order valence-corrected chi connectivity index (χ0v) is 14.4. The van der Waals surface area contributed by atoms with E-state index in [1.54, 1.807) is 17.0 Å². The van der Waals surface area contributed by atoms with E-state index in [2.05, 4.69) is 4.72 Å². The minimum Gasteiger partial charge on any atom is -0.497 e. The van der Waals surface area contributed by atoms with Gasteiger partial charge < -0.3 is 9.64 Å². The second-order valence-corrected chi connectivity index (χ2v) is 7.49. The fourth-order valence-corrected chi connectivity index (χ4v) is 3.97. The molecule has 0 bridgehead atoms. The Labute approximate surface area is 137 Å². The average Bonchev–Trinajstić information content (AvgIpc) is 3.05. The SMILES string of the molecule is COc1ccc(S(=O)(=O)NCCN(C(C)=O)C2CCCC2)cc1. The van der Waals surface area contributed by atoms with Crippen LogP contribution in [0.25, 0.3) is 0 Å². The van der Waals surface area contributed by atoms with E-state index in [1.165, 1.54) is 26.2 Å². The van der Waals surface area contributed by atoms with Crippen molar-refractivity contribution in [3.8, 4) is 5.75 Å². The Morgan fingerprint density at radius 3 is 2.39 bits per heavy atom. The van der Waals surface area contributed by atoms with Crippen molar-refractivity contribution in [1.29, 1.82) is 0 Å². The van der Waals surface area contributed by atoms with Crippen LogP contribution in [0.5, 0.6) is 5.75 Å². The third-order valence-electron chi connectivity index (χ3n) is 4.18. The van der Waals surface area contributed by atoms with Gasteiger partial charge in [-0.2, -0.15) is 0 Å². The predicted molar refractivity (Wildman–Crippen MR) is 87.8 cm³/mol. The second-order valence-electron chi connectivity index (χ2n) is 5.72. The Kier molecular flexibility index (Phi) is 6.01. The zero-order valence-electron chi connectivity index (χ0n) is 13.6. The van der Waals surface area contributed by atoms with Crippen LogP contribution in [0.3, 0.4) is 0 Å². The van der Waals surface area contributed by atoms with Crippen LogP contribution in [-0.2, 0) is 14.8 Å². The van der Waals surface area contributed by atoms with Gasteiger partial charge in [0, 0.05) is 26.1 Å². The summed E-state index contributed by atoms with van der Waals surface area (Å²) in [5, 5.41) is 0. The number of hydrogen-bond acceptors (Lipinski definition) is 4. The number of carbonyl (C=O) groups excluding carboxylic acids is 1. The lowest BCUT2D eigenvalue weighted by Gasteiger charge is -2.27. The summed E-state index contributed by atoms with van der Waals surface area (Å²) in [4.78, 5) is 13.7. The summed E-state index contributed by atoms with van der Waals surface area (Å²) in [6, 6.07) is 6.46. The molecule has 128 valence electrons. The van der Waals surface area contributed by atoms with Crippen LogP contribution < -0.4 is 9.46 Å². The molecule has 0 aliphatic heterocycles. The van der Waals surface area contributed by atoms with Gasteiger partial charge in [-0.05, 0) is 37.1 Å². The molecule has 6 nitrogen and oxygen atoms in total. The van der Waals surface area contributed by atoms with Gasteiger partial charge in [-0.25, -0.2) is 13.1 Å². The lowest BCUT2D eigenvalue weighted by atomic mass is 10.2. The number of rotatable bonds is 7. The highest BCUT2D eigenvalue weighted by Crippen LogP contribution is 2.23. The molecule has 0 atom stereocenters. The second kappa shape index (κ2) is 7.79. The first-order chi connectivity index (χ1) is 10.9.